The SMILES string of the molecule is O=C1c2cc(-c3ccc4[nH]ccc4c3)ccc2Nc2ccc(F)cc2N1c1ccccc1. The van der Waals surface area contributed by atoms with Crippen molar-refractivity contribution in [1.29, 1.82) is 0 Å². The fourth-order valence-electron chi connectivity index (χ4n) is 4.25. The van der Waals surface area contributed by atoms with Crippen LogP contribution in [0.3, 0.4) is 0 Å². The first-order valence-electron chi connectivity index (χ1n) is 10.3. The lowest BCUT2D eigenvalue weighted by Gasteiger charge is -2.23. The summed E-state index contributed by atoms with van der Waals surface area (Å²) in [5, 5.41) is 4.44. The van der Waals surface area contributed by atoms with Gasteiger partial charge in [-0.3, -0.25) is 9.69 Å². The minimum absolute atomic E-state index is 0.215. The van der Waals surface area contributed by atoms with Crippen molar-refractivity contribution in [2.24, 2.45) is 0 Å². The summed E-state index contributed by atoms with van der Waals surface area (Å²) in [6.45, 7) is 0. The molecule has 2 heterocycles. The van der Waals surface area contributed by atoms with Gasteiger partial charge in [-0.25, -0.2) is 4.39 Å². The van der Waals surface area contributed by atoms with Crippen LogP contribution in [0.1, 0.15) is 10.4 Å². The Labute approximate surface area is 183 Å². The van der Waals surface area contributed by atoms with Crippen LogP contribution < -0.4 is 10.2 Å². The Morgan fingerprint density at radius 3 is 2.41 bits per heavy atom. The van der Waals surface area contributed by atoms with Crippen LogP contribution in [0.2, 0.25) is 0 Å². The lowest BCUT2D eigenvalue weighted by Crippen LogP contribution is -2.25. The molecule has 1 aliphatic heterocycles. The minimum Gasteiger partial charge on any atom is -0.361 e. The normalized spacial score (nSPS) is 12.8. The molecule has 154 valence electrons. The van der Waals surface area contributed by atoms with E-state index in [1.165, 1.54) is 12.1 Å². The second-order valence-electron chi connectivity index (χ2n) is 7.80. The molecule has 2 N–H and O–H groups in total. The Hall–Kier alpha value is -4.38. The van der Waals surface area contributed by atoms with E-state index < -0.39 is 5.82 Å². The third-order valence-electron chi connectivity index (χ3n) is 5.82. The number of aromatic nitrogens is 1. The number of hydrogen-bond donors (Lipinski definition) is 2. The van der Waals surface area contributed by atoms with E-state index >= 15 is 0 Å². The maximum Gasteiger partial charge on any atom is 0.265 e. The number of para-hydroxylation sites is 1. The molecule has 0 radical (unpaired) electrons. The first kappa shape index (κ1) is 18.4. The lowest BCUT2D eigenvalue weighted by molar-refractivity contribution is 0.100. The summed E-state index contributed by atoms with van der Waals surface area (Å²) in [5.74, 6) is -0.613. The molecular formula is C27H18FN3O. The van der Waals surface area contributed by atoms with E-state index in [4.69, 9.17) is 0 Å². The van der Waals surface area contributed by atoms with Crippen LogP contribution in [0, 0.1) is 5.82 Å². The summed E-state index contributed by atoms with van der Waals surface area (Å²) in [6.07, 6.45) is 1.91. The molecule has 0 aliphatic carbocycles. The second kappa shape index (κ2) is 7.10. The van der Waals surface area contributed by atoms with E-state index in [0.717, 1.165) is 22.0 Å². The molecule has 0 saturated carbocycles. The van der Waals surface area contributed by atoms with Gasteiger partial charge in [-0.2, -0.15) is 0 Å². The van der Waals surface area contributed by atoms with E-state index in [0.29, 0.717) is 28.3 Å². The van der Waals surface area contributed by atoms with Gasteiger partial charge in [-0.15, -0.1) is 0 Å². The zero-order valence-electron chi connectivity index (χ0n) is 17.0. The molecule has 0 bridgehead atoms. The predicted octanol–water partition coefficient (Wildman–Crippen LogP) is 7.01. The van der Waals surface area contributed by atoms with E-state index in [9.17, 15) is 9.18 Å². The summed E-state index contributed by atoms with van der Waals surface area (Å²) in [4.78, 5) is 18.6. The van der Waals surface area contributed by atoms with Crippen molar-refractivity contribution < 1.29 is 9.18 Å². The van der Waals surface area contributed by atoms with Crippen molar-refractivity contribution in [1.82, 2.24) is 4.98 Å². The highest BCUT2D eigenvalue weighted by atomic mass is 19.1. The monoisotopic (exact) mass is 419 g/mol. The van der Waals surface area contributed by atoms with Gasteiger partial charge in [-0.05, 0) is 71.1 Å². The topological polar surface area (TPSA) is 48.1 Å². The molecule has 5 heteroatoms. The Balaban J connectivity index is 1.53. The van der Waals surface area contributed by atoms with Gasteiger partial charge in [0.05, 0.1) is 22.6 Å². The fraction of sp³-hybridized carbons (Fsp3) is 0. The van der Waals surface area contributed by atoms with E-state index in [-0.39, 0.29) is 5.91 Å². The highest BCUT2D eigenvalue weighted by Gasteiger charge is 2.28. The second-order valence-corrected chi connectivity index (χ2v) is 7.80. The van der Waals surface area contributed by atoms with Crippen LogP contribution in [0.25, 0.3) is 22.0 Å². The van der Waals surface area contributed by atoms with Crippen molar-refractivity contribution in [2.75, 3.05) is 10.2 Å². The molecule has 6 rings (SSSR count). The van der Waals surface area contributed by atoms with E-state index in [1.807, 2.05) is 72.9 Å². The van der Waals surface area contributed by atoms with Gasteiger partial charge in [0.2, 0.25) is 0 Å². The molecule has 1 aromatic heterocycles. The Morgan fingerprint density at radius 1 is 0.750 bits per heavy atom. The molecule has 0 fully saturated rings. The molecule has 4 aromatic carbocycles. The third-order valence-corrected chi connectivity index (χ3v) is 5.82. The summed E-state index contributed by atoms with van der Waals surface area (Å²) < 4.78 is 14.2. The molecular weight excluding hydrogens is 401 g/mol. The predicted molar refractivity (Wildman–Crippen MR) is 126 cm³/mol. The lowest BCUT2D eigenvalue weighted by atomic mass is 10.00. The molecule has 5 aromatic rings. The van der Waals surface area contributed by atoms with Crippen LogP contribution >= 0.6 is 0 Å². The van der Waals surface area contributed by atoms with Crippen LogP contribution in [0.4, 0.5) is 27.1 Å². The molecule has 4 nitrogen and oxygen atoms in total. The van der Waals surface area contributed by atoms with Crippen molar-refractivity contribution in [2.45, 2.75) is 0 Å². The molecule has 0 unspecified atom stereocenters. The number of rotatable bonds is 2. The summed E-state index contributed by atoms with van der Waals surface area (Å²) in [5.41, 5.74) is 6.06. The van der Waals surface area contributed by atoms with Gasteiger partial charge in [0.25, 0.3) is 5.91 Å². The average Bonchev–Trinajstić information content (AvgIpc) is 3.25. The summed E-state index contributed by atoms with van der Waals surface area (Å²) in [7, 11) is 0. The summed E-state index contributed by atoms with van der Waals surface area (Å²) in [6, 6.07) is 27.8. The van der Waals surface area contributed by atoms with Gasteiger partial charge in [0, 0.05) is 23.5 Å². The smallest absolute Gasteiger partial charge is 0.265 e. The Morgan fingerprint density at radius 2 is 1.53 bits per heavy atom. The molecule has 1 amide bonds. The zero-order chi connectivity index (χ0) is 21.7. The third kappa shape index (κ3) is 2.94. The average molecular weight is 419 g/mol. The highest BCUT2D eigenvalue weighted by Crippen LogP contribution is 2.41. The van der Waals surface area contributed by atoms with Crippen molar-refractivity contribution >= 4 is 39.6 Å². The number of nitrogens with one attached hydrogen (secondary N) is 2. The standard InChI is InChI=1S/C27H18FN3O/c28-20-8-11-25-26(16-20)31(21-4-2-1-3-5-21)27(32)22-15-18(7-10-24(22)30-25)17-6-9-23-19(14-17)12-13-29-23/h1-16,29-30H. The molecule has 0 atom stereocenters. The van der Waals surface area contributed by atoms with Gasteiger partial charge in [0.15, 0.2) is 0 Å². The zero-order valence-corrected chi connectivity index (χ0v) is 17.0. The van der Waals surface area contributed by atoms with E-state index in [2.05, 4.69) is 16.4 Å². The maximum atomic E-state index is 14.2. The molecule has 1 aliphatic rings. The number of carbonyl (C=O) groups is 1. The first-order chi connectivity index (χ1) is 15.7. The van der Waals surface area contributed by atoms with Crippen LogP contribution in [-0.4, -0.2) is 10.9 Å². The van der Waals surface area contributed by atoms with Crippen LogP contribution in [0.15, 0.2) is 97.2 Å². The number of aromatic amines is 1. The number of fused-ring (bicyclic) bond motifs is 3. The van der Waals surface area contributed by atoms with Crippen molar-refractivity contribution in [3.63, 3.8) is 0 Å². The van der Waals surface area contributed by atoms with Crippen molar-refractivity contribution in [3.05, 3.63) is 109 Å². The van der Waals surface area contributed by atoms with Gasteiger partial charge in [0.1, 0.15) is 5.82 Å². The number of hydrogen-bond acceptors (Lipinski definition) is 2. The molecule has 0 saturated heterocycles. The van der Waals surface area contributed by atoms with Crippen LogP contribution in [0.5, 0.6) is 0 Å². The number of nitrogens with zero attached hydrogens (tertiary/aromatic N) is 1. The van der Waals surface area contributed by atoms with Gasteiger partial charge < -0.3 is 10.3 Å². The van der Waals surface area contributed by atoms with Crippen LogP contribution in [-0.2, 0) is 0 Å². The first-order valence-corrected chi connectivity index (χ1v) is 10.3. The van der Waals surface area contributed by atoms with Gasteiger partial charge in [-0.1, -0.05) is 30.3 Å². The fourth-order valence-corrected chi connectivity index (χ4v) is 4.25. The number of benzene rings is 4. The molecule has 32 heavy (non-hydrogen) atoms. The number of H-pyrrole nitrogens is 1. The quantitative estimate of drug-likeness (QED) is 0.323. The Bertz CT molecular complexity index is 1490. The Kier molecular flexibility index (Phi) is 4.08. The summed E-state index contributed by atoms with van der Waals surface area (Å²) >= 11 is 0. The highest BCUT2D eigenvalue weighted by molar-refractivity contribution is 6.17. The largest absolute Gasteiger partial charge is 0.361 e. The number of anilines is 4. The molecule has 0 spiro atoms. The number of amides is 1. The number of halogens is 1. The van der Waals surface area contributed by atoms with E-state index in [1.54, 1.807) is 11.0 Å². The van der Waals surface area contributed by atoms with Gasteiger partial charge >= 0.3 is 0 Å². The maximum absolute atomic E-state index is 14.2. The number of carbonyl (C=O) groups excluding carboxylic acids is 1. The minimum atomic E-state index is -0.397. The van der Waals surface area contributed by atoms with Crippen molar-refractivity contribution in [3.8, 4) is 11.1 Å².